The van der Waals surface area contributed by atoms with Crippen LogP contribution < -0.4 is 16.0 Å². The highest BCUT2D eigenvalue weighted by molar-refractivity contribution is 5.96. The van der Waals surface area contributed by atoms with E-state index in [1.165, 1.54) is 5.56 Å². The summed E-state index contributed by atoms with van der Waals surface area (Å²) in [7, 11) is 0. The maximum Gasteiger partial charge on any atom is 0.255 e. The Hall–Kier alpha value is -2.37. The summed E-state index contributed by atoms with van der Waals surface area (Å²) in [4.78, 5) is 12.6. The van der Waals surface area contributed by atoms with Crippen LogP contribution in [0.1, 0.15) is 60.7 Å². The number of amides is 1. The van der Waals surface area contributed by atoms with Gasteiger partial charge in [-0.15, -0.1) is 0 Å². The van der Waals surface area contributed by atoms with E-state index in [9.17, 15) is 9.90 Å². The molecule has 0 radical (unpaired) electrons. The number of phenolic OH excluding ortho intramolecular Hbond substituents is 1. The van der Waals surface area contributed by atoms with Crippen LogP contribution in [0.25, 0.3) is 0 Å². The number of hydrogen-bond acceptors (Lipinski definition) is 4. The fourth-order valence-corrected chi connectivity index (χ4v) is 3.56. The normalized spacial score (nSPS) is 15.3. The molecule has 0 aromatic heterocycles. The largest absolute Gasteiger partial charge is 0.507 e. The summed E-state index contributed by atoms with van der Waals surface area (Å²) in [5.41, 5.74) is 3.73. The minimum atomic E-state index is -0.258. The maximum absolute atomic E-state index is 12.6. The number of rotatable bonds is 6. The van der Waals surface area contributed by atoms with Gasteiger partial charge in [0.15, 0.2) is 0 Å². The molecule has 0 bridgehead atoms. The second-order valence-electron chi connectivity index (χ2n) is 8.89. The van der Waals surface area contributed by atoms with Crippen molar-refractivity contribution in [2.24, 2.45) is 0 Å². The van der Waals surface area contributed by atoms with Crippen LogP contribution in [0.2, 0.25) is 0 Å². The van der Waals surface area contributed by atoms with Crippen molar-refractivity contribution < 1.29 is 9.90 Å². The lowest BCUT2D eigenvalue weighted by Gasteiger charge is -2.24. The molecule has 1 heterocycles. The summed E-state index contributed by atoms with van der Waals surface area (Å²) < 4.78 is 0. The Morgan fingerprint density at radius 2 is 1.69 bits per heavy atom. The molecule has 4 N–H and O–H groups in total. The summed E-state index contributed by atoms with van der Waals surface area (Å²) in [6.45, 7) is 9.74. The number of carbonyl (C=O) groups excluding carboxylic acids is 1. The molecule has 1 aliphatic heterocycles. The van der Waals surface area contributed by atoms with Crippen LogP contribution >= 0.6 is 0 Å². The quantitative estimate of drug-likeness (QED) is 0.604. The first-order valence-electron chi connectivity index (χ1n) is 10.5. The van der Waals surface area contributed by atoms with Crippen LogP contribution in [0.3, 0.4) is 0 Å². The Morgan fingerprint density at radius 1 is 1.03 bits per heavy atom. The number of phenols is 1. The predicted octanol–water partition coefficient (Wildman–Crippen LogP) is 3.46. The summed E-state index contributed by atoms with van der Waals surface area (Å²) in [5, 5.41) is 20.0. The van der Waals surface area contributed by atoms with E-state index in [0.717, 1.165) is 37.1 Å². The lowest BCUT2D eigenvalue weighted by Crippen LogP contribution is -2.39. The van der Waals surface area contributed by atoms with Gasteiger partial charge in [0.1, 0.15) is 5.75 Å². The molecule has 5 nitrogen and oxygen atoms in total. The van der Waals surface area contributed by atoms with E-state index in [2.05, 4.69) is 48.9 Å². The zero-order valence-corrected chi connectivity index (χ0v) is 17.7. The fraction of sp³-hybridized carbons (Fsp3) is 0.458. The maximum atomic E-state index is 12.6. The minimum absolute atomic E-state index is 0.0104. The van der Waals surface area contributed by atoms with Gasteiger partial charge in [-0.3, -0.25) is 4.79 Å². The molecular weight excluding hydrogens is 362 g/mol. The molecular formula is C24H33N3O2. The highest BCUT2D eigenvalue weighted by Crippen LogP contribution is 2.22. The molecule has 5 heteroatoms. The summed E-state index contributed by atoms with van der Waals surface area (Å²) >= 11 is 0. The minimum Gasteiger partial charge on any atom is -0.507 e. The van der Waals surface area contributed by atoms with Crippen LogP contribution in [0.4, 0.5) is 0 Å². The molecule has 0 saturated carbocycles. The van der Waals surface area contributed by atoms with E-state index in [1.807, 2.05) is 18.2 Å². The number of aromatic hydroxyl groups is 1. The molecule has 0 atom stereocenters. The topological polar surface area (TPSA) is 73.4 Å². The van der Waals surface area contributed by atoms with Gasteiger partial charge >= 0.3 is 0 Å². The van der Waals surface area contributed by atoms with Gasteiger partial charge in [-0.1, -0.05) is 51.1 Å². The number of carbonyl (C=O) groups is 1. The number of benzene rings is 2. The smallest absolute Gasteiger partial charge is 0.255 e. The molecule has 0 spiro atoms. The molecule has 1 saturated heterocycles. The van der Waals surface area contributed by atoms with Gasteiger partial charge in [0.25, 0.3) is 5.91 Å². The third kappa shape index (κ3) is 6.05. The van der Waals surface area contributed by atoms with E-state index in [-0.39, 0.29) is 17.1 Å². The van der Waals surface area contributed by atoms with E-state index in [0.29, 0.717) is 24.7 Å². The average molecular weight is 396 g/mol. The van der Waals surface area contributed by atoms with Crippen LogP contribution in [0, 0.1) is 0 Å². The monoisotopic (exact) mass is 395 g/mol. The summed E-state index contributed by atoms with van der Waals surface area (Å²) in [6.07, 6.45) is 2.22. The lowest BCUT2D eigenvalue weighted by atomic mass is 9.87. The van der Waals surface area contributed by atoms with E-state index in [4.69, 9.17) is 0 Å². The van der Waals surface area contributed by atoms with Gasteiger partial charge in [0.2, 0.25) is 0 Å². The van der Waals surface area contributed by atoms with Crippen molar-refractivity contribution in [3.63, 3.8) is 0 Å². The van der Waals surface area contributed by atoms with Gasteiger partial charge < -0.3 is 21.1 Å². The first-order chi connectivity index (χ1) is 13.8. The predicted molar refractivity (Wildman–Crippen MR) is 117 cm³/mol. The third-order valence-corrected chi connectivity index (χ3v) is 5.51. The zero-order chi connectivity index (χ0) is 20.9. The van der Waals surface area contributed by atoms with E-state index < -0.39 is 0 Å². The fourth-order valence-electron chi connectivity index (χ4n) is 3.56. The Balaban J connectivity index is 1.58. The second kappa shape index (κ2) is 9.42. The summed E-state index contributed by atoms with van der Waals surface area (Å²) in [5.74, 6) is -0.248. The molecule has 3 rings (SSSR count). The Morgan fingerprint density at radius 3 is 2.34 bits per heavy atom. The second-order valence-corrected chi connectivity index (χ2v) is 8.89. The number of hydrogen-bond donors (Lipinski definition) is 4. The van der Waals surface area contributed by atoms with Crippen molar-refractivity contribution >= 4 is 5.91 Å². The number of piperidine rings is 1. The van der Waals surface area contributed by atoms with Gasteiger partial charge in [0.05, 0.1) is 5.56 Å². The van der Waals surface area contributed by atoms with Crippen molar-refractivity contribution in [1.82, 2.24) is 16.0 Å². The Kier molecular flexibility index (Phi) is 6.93. The van der Waals surface area contributed by atoms with Crippen molar-refractivity contribution in [3.05, 3.63) is 64.7 Å². The molecule has 29 heavy (non-hydrogen) atoms. The van der Waals surface area contributed by atoms with Gasteiger partial charge in [-0.2, -0.15) is 0 Å². The highest BCUT2D eigenvalue weighted by atomic mass is 16.3. The standard InChI is InChI=1S/C24H33N3O2/c1-24(2,3)19-7-4-17(5-8-19)15-27-23(29)21-14-18(6-9-22(21)28)16-26-20-10-12-25-13-11-20/h4-9,14,20,25-26,28H,10-13,15-16H2,1-3H3,(H,27,29). The van der Waals surface area contributed by atoms with Gasteiger partial charge in [-0.05, 0) is 60.2 Å². The molecule has 2 aromatic rings. The molecule has 0 aliphatic carbocycles. The molecule has 1 fully saturated rings. The van der Waals surface area contributed by atoms with Crippen molar-refractivity contribution in [2.45, 2.75) is 58.2 Å². The zero-order valence-electron chi connectivity index (χ0n) is 17.7. The van der Waals surface area contributed by atoms with Gasteiger partial charge in [0, 0.05) is 19.1 Å². The number of nitrogens with one attached hydrogen (secondary N) is 3. The van der Waals surface area contributed by atoms with Crippen molar-refractivity contribution in [1.29, 1.82) is 0 Å². The van der Waals surface area contributed by atoms with Crippen LogP contribution in [0.15, 0.2) is 42.5 Å². The van der Waals surface area contributed by atoms with Crippen molar-refractivity contribution in [3.8, 4) is 5.75 Å². The molecule has 0 unspecified atom stereocenters. The van der Waals surface area contributed by atoms with Crippen LogP contribution in [-0.4, -0.2) is 30.1 Å². The van der Waals surface area contributed by atoms with Crippen LogP contribution in [0.5, 0.6) is 5.75 Å². The molecule has 1 amide bonds. The SMILES string of the molecule is CC(C)(C)c1ccc(CNC(=O)c2cc(CNC3CCNCC3)ccc2O)cc1. The molecule has 1 aliphatic rings. The van der Waals surface area contributed by atoms with Crippen molar-refractivity contribution in [2.75, 3.05) is 13.1 Å². The lowest BCUT2D eigenvalue weighted by molar-refractivity contribution is 0.0948. The Labute approximate surface area is 173 Å². The summed E-state index contributed by atoms with van der Waals surface area (Å²) in [6, 6.07) is 14.0. The van der Waals surface area contributed by atoms with E-state index >= 15 is 0 Å². The third-order valence-electron chi connectivity index (χ3n) is 5.51. The first-order valence-corrected chi connectivity index (χ1v) is 10.5. The van der Waals surface area contributed by atoms with E-state index in [1.54, 1.807) is 12.1 Å². The molecule has 2 aromatic carbocycles. The van der Waals surface area contributed by atoms with Crippen LogP contribution in [-0.2, 0) is 18.5 Å². The first kappa shape index (κ1) is 21.3. The highest BCUT2D eigenvalue weighted by Gasteiger charge is 2.15. The average Bonchev–Trinajstić information content (AvgIpc) is 2.72. The van der Waals surface area contributed by atoms with Gasteiger partial charge in [-0.25, -0.2) is 0 Å². The molecule has 156 valence electrons. The Bertz CT molecular complexity index is 819.